The number of rotatable bonds is 3. The molecule has 0 bridgehead atoms. The summed E-state index contributed by atoms with van der Waals surface area (Å²) in [6.07, 6.45) is -1.09. The fraction of sp³-hybridized carbons (Fsp3) is 0.364. The van der Waals surface area contributed by atoms with Crippen LogP contribution in [0.5, 0.6) is 5.75 Å². The van der Waals surface area contributed by atoms with Crippen molar-refractivity contribution in [2.24, 2.45) is 5.73 Å². The third-order valence-electron chi connectivity index (χ3n) is 2.72. The summed E-state index contributed by atoms with van der Waals surface area (Å²) in [5.74, 6) is -0.164. The Morgan fingerprint density at radius 2 is 2.37 bits per heavy atom. The molecule has 19 heavy (non-hydrogen) atoms. The molecule has 0 spiro atoms. The summed E-state index contributed by atoms with van der Waals surface area (Å²) in [5, 5.41) is 14.3. The highest BCUT2D eigenvalue weighted by Crippen LogP contribution is 2.35. The Kier molecular flexibility index (Phi) is 3.93. The van der Waals surface area contributed by atoms with E-state index >= 15 is 0 Å². The number of hydrogen-bond donors (Lipinski definition) is 2. The van der Waals surface area contributed by atoms with Crippen molar-refractivity contribution in [3.8, 4) is 5.75 Å². The number of nitrogens with one attached hydrogen (secondary N) is 1. The van der Waals surface area contributed by atoms with Gasteiger partial charge in [-0.05, 0) is 6.07 Å². The molecule has 1 atom stereocenters. The van der Waals surface area contributed by atoms with Crippen molar-refractivity contribution < 1.29 is 19.2 Å². The summed E-state index contributed by atoms with van der Waals surface area (Å²) in [4.78, 5) is 21.3. The molecule has 0 aliphatic carbocycles. The van der Waals surface area contributed by atoms with E-state index in [-0.39, 0.29) is 17.5 Å². The van der Waals surface area contributed by atoms with E-state index < -0.39 is 11.0 Å². The number of benzene rings is 1. The first kappa shape index (κ1) is 13.2. The summed E-state index contributed by atoms with van der Waals surface area (Å²) in [6.45, 7) is 1.48. The van der Waals surface area contributed by atoms with Gasteiger partial charge in [0.1, 0.15) is 0 Å². The van der Waals surface area contributed by atoms with Crippen LogP contribution < -0.4 is 15.8 Å². The minimum atomic E-state index is -1.09. The van der Waals surface area contributed by atoms with E-state index in [1.807, 2.05) is 0 Å². The number of nitro groups is 1. The van der Waals surface area contributed by atoms with Gasteiger partial charge < -0.3 is 20.5 Å². The topological polar surface area (TPSA) is 117 Å². The highest BCUT2D eigenvalue weighted by atomic mass is 16.6. The van der Waals surface area contributed by atoms with Gasteiger partial charge in [-0.2, -0.15) is 0 Å². The number of amides is 1. The lowest BCUT2D eigenvalue weighted by Gasteiger charge is -2.24. The van der Waals surface area contributed by atoms with Crippen molar-refractivity contribution in [2.75, 3.05) is 19.8 Å². The van der Waals surface area contributed by atoms with Gasteiger partial charge in [0.2, 0.25) is 5.75 Å². The molecule has 0 aromatic heterocycles. The maximum atomic E-state index is 11.2. The predicted molar refractivity (Wildman–Crippen MR) is 64.9 cm³/mol. The van der Waals surface area contributed by atoms with Gasteiger partial charge in [-0.1, -0.05) is 12.1 Å². The largest absolute Gasteiger partial charge is 0.410 e. The third-order valence-corrected chi connectivity index (χ3v) is 2.72. The van der Waals surface area contributed by atoms with Crippen molar-refractivity contribution in [3.63, 3.8) is 0 Å². The number of nitrogens with zero attached hydrogens (tertiary/aromatic N) is 1. The molecule has 1 aromatic rings. The molecule has 0 radical (unpaired) electrons. The first-order chi connectivity index (χ1) is 9.09. The van der Waals surface area contributed by atoms with Crippen LogP contribution in [0.2, 0.25) is 0 Å². The molecule has 2 rings (SSSR count). The van der Waals surface area contributed by atoms with Crippen LogP contribution in [0.15, 0.2) is 18.2 Å². The van der Waals surface area contributed by atoms with Gasteiger partial charge >= 0.3 is 11.8 Å². The molecular weight excluding hydrogens is 254 g/mol. The number of hydrogen-bond acceptors (Lipinski definition) is 6. The molecule has 8 nitrogen and oxygen atoms in total. The number of carbonyl (C=O) groups is 1. The first-order valence-electron chi connectivity index (χ1n) is 5.65. The average Bonchev–Trinajstić information content (AvgIpc) is 2.38. The minimum Gasteiger partial charge on any atom is -0.403 e. The zero-order valence-corrected chi connectivity index (χ0v) is 10.00. The van der Waals surface area contributed by atoms with E-state index in [1.54, 1.807) is 12.1 Å². The van der Waals surface area contributed by atoms with Gasteiger partial charge in [-0.15, -0.1) is 0 Å². The smallest absolute Gasteiger partial charge is 0.403 e. The molecule has 1 fully saturated rings. The number of ether oxygens (including phenoxy) is 2. The van der Waals surface area contributed by atoms with Gasteiger partial charge in [0, 0.05) is 6.54 Å². The van der Waals surface area contributed by atoms with Crippen LogP contribution in [0, 0.1) is 10.1 Å². The van der Waals surface area contributed by atoms with Crippen molar-refractivity contribution >= 4 is 11.8 Å². The summed E-state index contributed by atoms with van der Waals surface area (Å²) in [7, 11) is 0. The van der Waals surface area contributed by atoms with E-state index in [2.05, 4.69) is 10.1 Å². The second-order valence-corrected chi connectivity index (χ2v) is 3.95. The normalized spacial score (nSPS) is 18.8. The first-order valence-corrected chi connectivity index (χ1v) is 5.65. The van der Waals surface area contributed by atoms with Crippen LogP contribution in [0.1, 0.15) is 11.6 Å². The van der Waals surface area contributed by atoms with Gasteiger partial charge in [-0.3, -0.25) is 10.1 Å². The molecule has 1 saturated heterocycles. The fourth-order valence-corrected chi connectivity index (χ4v) is 1.97. The molecule has 3 N–H and O–H groups in total. The Labute approximate surface area is 108 Å². The Balaban J connectivity index is 2.41. The maximum absolute atomic E-state index is 11.2. The van der Waals surface area contributed by atoms with Crippen LogP contribution in [-0.4, -0.2) is 30.8 Å². The van der Waals surface area contributed by atoms with E-state index in [1.165, 1.54) is 6.07 Å². The number of primary amides is 1. The highest BCUT2D eigenvalue weighted by molar-refractivity contribution is 5.71. The van der Waals surface area contributed by atoms with Crippen molar-refractivity contribution in [2.45, 2.75) is 6.04 Å². The molecule has 1 unspecified atom stereocenters. The number of para-hydroxylation sites is 1. The number of carbonyl (C=O) groups excluding carboxylic acids is 1. The van der Waals surface area contributed by atoms with Gasteiger partial charge in [0.25, 0.3) is 0 Å². The van der Waals surface area contributed by atoms with Crippen LogP contribution in [0.25, 0.3) is 0 Å². The van der Waals surface area contributed by atoms with E-state index in [4.69, 9.17) is 10.5 Å². The lowest BCUT2D eigenvalue weighted by molar-refractivity contribution is -0.386. The van der Waals surface area contributed by atoms with Crippen LogP contribution in [-0.2, 0) is 4.74 Å². The second-order valence-electron chi connectivity index (χ2n) is 3.95. The Morgan fingerprint density at radius 3 is 2.95 bits per heavy atom. The minimum absolute atomic E-state index is 0.164. The molecule has 1 heterocycles. The second kappa shape index (κ2) is 5.63. The van der Waals surface area contributed by atoms with Crippen molar-refractivity contribution in [3.05, 3.63) is 33.9 Å². The maximum Gasteiger partial charge on any atom is 0.410 e. The summed E-state index contributed by atoms with van der Waals surface area (Å²) in [6, 6.07) is 4.18. The summed E-state index contributed by atoms with van der Waals surface area (Å²) in [5.41, 5.74) is 5.03. The number of nitro benzene ring substituents is 1. The lowest BCUT2D eigenvalue weighted by Crippen LogP contribution is -2.35. The third kappa shape index (κ3) is 2.98. The summed E-state index contributed by atoms with van der Waals surface area (Å²) >= 11 is 0. The van der Waals surface area contributed by atoms with Gasteiger partial charge in [0.05, 0.1) is 29.7 Å². The van der Waals surface area contributed by atoms with E-state index in [9.17, 15) is 14.9 Å². The number of nitrogens with two attached hydrogens (primary N) is 1. The Bertz CT molecular complexity index is 499. The standard InChI is InChI=1S/C11H13N3O5/c12-11(15)19-9-3-1-2-7(10(9)14(16)17)8-6-18-5-4-13-8/h1-3,8,13H,4-6H2,(H2,12,15). The summed E-state index contributed by atoms with van der Waals surface area (Å²) < 4.78 is 9.94. The van der Waals surface area contributed by atoms with Crippen LogP contribution in [0.3, 0.4) is 0 Å². The predicted octanol–water partition coefficient (Wildman–Crippen LogP) is 0.713. The van der Waals surface area contributed by atoms with Crippen LogP contribution >= 0.6 is 0 Å². The molecule has 1 aliphatic rings. The fourth-order valence-electron chi connectivity index (χ4n) is 1.97. The SMILES string of the molecule is NC(=O)Oc1cccc(C2COCCN2)c1[N+](=O)[O-]. The van der Waals surface area contributed by atoms with Crippen molar-refractivity contribution in [1.29, 1.82) is 0 Å². The Morgan fingerprint density at radius 1 is 1.58 bits per heavy atom. The van der Waals surface area contributed by atoms with Gasteiger partial charge in [-0.25, -0.2) is 4.79 Å². The molecule has 102 valence electrons. The van der Waals surface area contributed by atoms with Gasteiger partial charge in [0.15, 0.2) is 0 Å². The molecule has 1 aliphatic heterocycles. The molecule has 8 heteroatoms. The molecule has 0 saturated carbocycles. The molecular formula is C11H13N3O5. The monoisotopic (exact) mass is 267 g/mol. The quantitative estimate of drug-likeness (QED) is 0.615. The van der Waals surface area contributed by atoms with Crippen molar-refractivity contribution in [1.82, 2.24) is 5.32 Å². The lowest BCUT2D eigenvalue weighted by atomic mass is 10.0. The van der Waals surface area contributed by atoms with E-state index in [0.29, 0.717) is 25.3 Å². The van der Waals surface area contributed by atoms with Crippen LogP contribution in [0.4, 0.5) is 10.5 Å². The highest BCUT2D eigenvalue weighted by Gasteiger charge is 2.28. The zero-order chi connectivity index (χ0) is 13.8. The number of morpholine rings is 1. The Hall–Kier alpha value is -2.19. The zero-order valence-electron chi connectivity index (χ0n) is 10.00. The molecule has 1 amide bonds. The molecule has 1 aromatic carbocycles. The van der Waals surface area contributed by atoms with E-state index in [0.717, 1.165) is 0 Å². The average molecular weight is 267 g/mol.